The minimum atomic E-state index is -0.591. The highest BCUT2D eigenvalue weighted by molar-refractivity contribution is 6.34. The largest absolute Gasteiger partial charge is 0.481 e. The van der Waals surface area contributed by atoms with Crippen LogP contribution in [0.1, 0.15) is 56.5 Å². The van der Waals surface area contributed by atoms with Gasteiger partial charge in [0.2, 0.25) is 0 Å². The van der Waals surface area contributed by atoms with Gasteiger partial charge in [0.1, 0.15) is 10.8 Å². The highest BCUT2D eigenvalue weighted by Crippen LogP contribution is 2.34. The topological polar surface area (TPSA) is 84.3 Å². The maximum absolute atomic E-state index is 13.0. The highest BCUT2D eigenvalue weighted by atomic mass is 35.5. The van der Waals surface area contributed by atoms with Crippen LogP contribution in [0.25, 0.3) is 17.0 Å². The summed E-state index contributed by atoms with van der Waals surface area (Å²) in [5.41, 5.74) is 5.95. The molecule has 7 nitrogen and oxygen atoms in total. The predicted octanol–water partition coefficient (Wildman–Crippen LogP) is 6.40. The van der Waals surface area contributed by atoms with Gasteiger partial charge in [-0.3, -0.25) is 9.89 Å². The van der Waals surface area contributed by atoms with Crippen LogP contribution in [0.4, 0.5) is 5.69 Å². The Kier molecular flexibility index (Phi) is 6.64. The molecule has 0 fully saturated rings. The minimum Gasteiger partial charge on any atom is -0.481 e. The number of benzene rings is 2. The van der Waals surface area contributed by atoms with E-state index in [0.717, 1.165) is 27.9 Å². The molecule has 1 amide bonds. The molecule has 2 aromatic heterocycles. The molecule has 8 heteroatoms. The van der Waals surface area contributed by atoms with Gasteiger partial charge in [-0.15, -0.1) is 5.10 Å². The molecule has 0 aliphatic rings. The summed E-state index contributed by atoms with van der Waals surface area (Å²) in [5, 5.41) is 11.5. The highest BCUT2D eigenvalue weighted by Gasteiger charge is 2.25. The Morgan fingerprint density at radius 1 is 1.17 bits per heavy atom. The Balaban J connectivity index is 1.57. The van der Waals surface area contributed by atoms with Crippen LogP contribution in [-0.4, -0.2) is 31.8 Å². The fourth-order valence-electron chi connectivity index (χ4n) is 4.19. The van der Waals surface area contributed by atoms with E-state index < -0.39 is 6.10 Å². The first-order chi connectivity index (χ1) is 16.5. The van der Waals surface area contributed by atoms with Gasteiger partial charge in [-0.2, -0.15) is 4.63 Å². The molecule has 0 radical (unpaired) electrons. The fourth-order valence-corrected chi connectivity index (χ4v) is 4.64. The minimum absolute atomic E-state index is 0.148. The standard InChI is InChI=1S/C27H32ClN5O2/c1-8-20(35-19-11-9-10-15(2)12-19)26(34)29-18-13-16(3)21(17(4)14-18)24-30-25-22(28)23(27(5,6)7)31-33(25)32-24/h9-14,20,31H,8H2,1-7H3,(H,29,34). The first-order valence-corrected chi connectivity index (χ1v) is 12.2. The molecule has 0 aliphatic carbocycles. The number of hydrogen-bond acceptors (Lipinski definition) is 4. The summed E-state index contributed by atoms with van der Waals surface area (Å²) in [6.45, 7) is 14.1. The SMILES string of the molecule is CCC(Oc1cccc(C)c1)C(=O)Nc1cc(C)c(-c2nc3c(Cl)c(C(C)(C)C)[nH]n3n2)c(C)c1. The second kappa shape index (κ2) is 9.38. The van der Waals surface area contributed by atoms with Gasteiger partial charge in [0, 0.05) is 16.7 Å². The van der Waals surface area contributed by atoms with Crippen molar-refractivity contribution in [2.45, 2.75) is 66.4 Å². The average Bonchev–Trinajstić information content (AvgIpc) is 3.30. The number of aryl methyl sites for hydroxylation is 3. The van der Waals surface area contributed by atoms with E-state index in [1.165, 1.54) is 0 Å². The summed E-state index contributed by atoms with van der Waals surface area (Å²) in [6.07, 6.45) is -0.0375. The van der Waals surface area contributed by atoms with Gasteiger partial charge in [0.05, 0.1) is 5.69 Å². The van der Waals surface area contributed by atoms with E-state index in [1.54, 1.807) is 4.63 Å². The molecule has 35 heavy (non-hydrogen) atoms. The number of aromatic nitrogens is 4. The van der Waals surface area contributed by atoms with Crippen LogP contribution >= 0.6 is 11.6 Å². The number of carbonyl (C=O) groups excluding carboxylic acids is 1. The van der Waals surface area contributed by atoms with E-state index in [-0.39, 0.29) is 11.3 Å². The maximum atomic E-state index is 13.0. The van der Waals surface area contributed by atoms with Crippen molar-refractivity contribution in [1.82, 2.24) is 19.8 Å². The quantitative estimate of drug-likeness (QED) is 0.325. The number of ether oxygens (including phenoxy) is 1. The number of hydrogen-bond donors (Lipinski definition) is 2. The number of halogens is 1. The smallest absolute Gasteiger partial charge is 0.265 e. The molecule has 1 unspecified atom stereocenters. The monoisotopic (exact) mass is 493 g/mol. The summed E-state index contributed by atoms with van der Waals surface area (Å²) < 4.78 is 7.58. The van der Waals surface area contributed by atoms with Gasteiger partial charge in [0.15, 0.2) is 17.6 Å². The first kappa shape index (κ1) is 24.8. The van der Waals surface area contributed by atoms with Gasteiger partial charge in [-0.05, 0) is 68.1 Å². The van der Waals surface area contributed by atoms with Crippen LogP contribution in [0.2, 0.25) is 5.02 Å². The van der Waals surface area contributed by atoms with Crippen LogP contribution in [0.15, 0.2) is 36.4 Å². The van der Waals surface area contributed by atoms with E-state index >= 15 is 0 Å². The number of H-pyrrole nitrogens is 1. The van der Waals surface area contributed by atoms with Gasteiger partial charge >= 0.3 is 0 Å². The molecule has 1 atom stereocenters. The van der Waals surface area contributed by atoms with Crippen molar-refractivity contribution in [2.75, 3.05) is 5.32 Å². The number of aromatic amines is 1. The van der Waals surface area contributed by atoms with E-state index in [9.17, 15) is 4.79 Å². The molecule has 2 N–H and O–H groups in total. The number of nitrogens with one attached hydrogen (secondary N) is 2. The van der Waals surface area contributed by atoms with E-state index in [0.29, 0.717) is 34.4 Å². The number of amides is 1. The third-order valence-corrected chi connectivity index (χ3v) is 6.30. The Morgan fingerprint density at radius 3 is 2.43 bits per heavy atom. The lowest BCUT2D eigenvalue weighted by atomic mass is 9.92. The van der Waals surface area contributed by atoms with E-state index in [1.807, 2.05) is 64.1 Å². The van der Waals surface area contributed by atoms with Crippen LogP contribution in [0.5, 0.6) is 5.75 Å². The van der Waals surface area contributed by atoms with E-state index in [4.69, 9.17) is 21.3 Å². The third kappa shape index (κ3) is 5.05. The Labute approximate surface area is 210 Å². The van der Waals surface area contributed by atoms with Crippen LogP contribution < -0.4 is 10.1 Å². The molecule has 184 valence electrons. The zero-order valence-electron chi connectivity index (χ0n) is 21.3. The van der Waals surface area contributed by atoms with Gasteiger partial charge in [-0.25, -0.2) is 4.98 Å². The zero-order valence-corrected chi connectivity index (χ0v) is 22.0. The lowest BCUT2D eigenvalue weighted by molar-refractivity contribution is -0.122. The van der Waals surface area contributed by atoms with Crippen molar-refractivity contribution in [3.05, 3.63) is 63.8 Å². The summed E-state index contributed by atoms with van der Waals surface area (Å²) >= 11 is 6.60. The first-order valence-electron chi connectivity index (χ1n) is 11.8. The number of rotatable bonds is 6. The van der Waals surface area contributed by atoms with E-state index in [2.05, 4.69) is 36.3 Å². The number of anilines is 1. The summed E-state index contributed by atoms with van der Waals surface area (Å²) in [6, 6.07) is 11.6. The lowest BCUT2D eigenvalue weighted by Gasteiger charge is -2.18. The number of nitrogens with zero attached hydrogens (tertiary/aromatic N) is 3. The maximum Gasteiger partial charge on any atom is 0.265 e. The molecular formula is C27H32ClN5O2. The van der Waals surface area contributed by atoms with Crippen molar-refractivity contribution in [2.24, 2.45) is 0 Å². The zero-order chi connectivity index (χ0) is 25.5. The van der Waals surface area contributed by atoms with Crippen molar-refractivity contribution < 1.29 is 9.53 Å². The van der Waals surface area contributed by atoms with Gasteiger partial charge < -0.3 is 10.1 Å². The molecular weight excluding hydrogens is 462 g/mol. The number of fused-ring (bicyclic) bond motifs is 1. The van der Waals surface area contributed by atoms with Crippen LogP contribution in [0.3, 0.4) is 0 Å². The summed E-state index contributed by atoms with van der Waals surface area (Å²) in [5.74, 6) is 1.08. The van der Waals surface area contributed by atoms with Crippen molar-refractivity contribution in [1.29, 1.82) is 0 Å². The Hall–Kier alpha value is -3.32. The van der Waals surface area contributed by atoms with Crippen molar-refractivity contribution in [3.8, 4) is 17.1 Å². The molecule has 0 saturated heterocycles. The van der Waals surface area contributed by atoms with Crippen LogP contribution in [-0.2, 0) is 10.2 Å². The fraction of sp³-hybridized carbons (Fsp3) is 0.370. The van der Waals surface area contributed by atoms with Crippen molar-refractivity contribution in [3.63, 3.8) is 0 Å². The molecule has 0 bridgehead atoms. The average molecular weight is 494 g/mol. The van der Waals surface area contributed by atoms with Crippen molar-refractivity contribution >= 4 is 28.8 Å². The van der Waals surface area contributed by atoms with Crippen LogP contribution in [0, 0.1) is 20.8 Å². The normalized spacial score (nSPS) is 12.7. The molecule has 2 heterocycles. The van der Waals surface area contributed by atoms with Gasteiger partial charge in [0.25, 0.3) is 5.91 Å². The molecule has 0 aliphatic heterocycles. The molecule has 4 rings (SSSR count). The predicted molar refractivity (Wildman–Crippen MR) is 140 cm³/mol. The molecule has 4 aromatic rings. The third-order valence-electron chi connectivity index (χ3n) is 5.95. The summed E-state index contributed by atoms with van der Waals surface area (Å²) in [4.78, 5) is 17.7. The second-order valence-electron chi connectivity index (χ2n) is 10.0. The Bertz CT molecular complexity index is 1370. The number of carbonyl (C=O) groups is 1. The molecule has 0 saturated carbocycles. The molecule has 0 spiro atoms. The summed E-state index contributed by atoms with van der Waals surface area (Å²) in [7, 11) is 0. The second-order valence-corrected chi connectivity index (χ2v) is 10.4. The molecule has 2 aromatic carbocycles. The Morgan fingerprint density at radius 2 is 1.86 bits per heavy atom. The lowest BCUT2D eigenvalue weighted by Crippen LogP contribution is -2.32. The van der Waals surface area contributed by atoms with Gasteiger partial charge in [-0.1, -0.05) is 51.4 Å².